The number of hydrogen-bond donors (Lipinski definition) is 2. The van der Waals surface area contributed by atoms with Gasteiger partial charge < -0.3 is 16.0 Å². The molecule has 3 N–H and O–H groups in total. The summed E-state index contributed by atoms with van der Waals surface area (Å²) in [5, 5.41) is 5.11. The summed E-state index contributed by atoms with van der Waals surface area (Å²) in [6, 6.07) is 3.68. The minimum atomic E-state index is -0.431. The number of benzene rings is 1. The van der Waals surface area contributed by atoms with Crippen LogP contribution in [0.15, 0.2) is 12.1 Å². The molecule has 28 heavy (non-hydrogen) atoms. The zero-order chi connectivity index (χ0) is 20.4. The van der Waals surface area contributed by atoms with Crippen LogP contribution >= 0.6 is 22.9 Å². The first-order chi connectivity index (χ1) is 13.3. The number of nitrogens with two attached hydrogens (primary N) is 1. The molecule has 1 aromatic heterocycles. The molecule has 0 radical (unpaired) electrons. The van der Waals surface area contributed by atoms with Gasteiger partial charge in [-0.15, -0.1) is 11.3 Å². The molecule has 0 aliphatic heterocycles. The smallest absolute Gasteiger partial charge is 0.250 e. The van der Waals surface area contributed by atoms with Gasteiger partial charge >= 0.3 is 0 Å². The number of anilines is 2. The van der Waals surface area contributed by atoms with E-state index in [9.17, 15) is 4.79 Å². The average molecular weight is 421 g/mol. The summed E-state index contributed by atoms with van der Waals surface area (Å²) in [7, 11) is 3.90. The number of nitrogens with one attached hydrogen (secondary N) is 1. The van der Waals surface area contributed by atoms with Crippen molar-refractivity contribution >= 4 is 39.7 Å². The van der Waals surface area contributed by atoms with Crippen LogP contribution < -0.4 is 16.0 Å². The number of aromatic nitrogens is 1. The molecule has 0 saturated heterocycles. The minimum Gasteiger partial charge on any atom is -0.377 e. The lowest BCUT2D eigenvalue weighted by Crippen LogP contribution is -2.24. The fourth-order valence-electron chi connectivity index (χ4n) is 4.08. The molecule has 0 spiro atoms. The fraction of sp³-hybridized carbons (Fsp3) is 0.524. The second kappa shape index (κ2) is 8.70. The lowest BCUT2D eigenvalue weighted by molar-refractivity contribution is 0.100. The molecule has 1 saturated carbocycles. The van der Waals surface area contributed by atoms with Crippen LogP contribution in [-0.4, -0.2) is 31.5 Å². The number of amides is 1. The molecule has 0 atom stereocenters. The molecule has 2 aromatic rings. The first kappa shape index (κ1) is 20.9. The van der Waals surface area contributed by atoms with E-state index < -0.39 is 5.91 Å². The molecular weight excluding hydrogens is 392 g/mol. The lowest BCUT2D eigenvalue weighted by atomic mass is 9.77. The van der Waals surface area contributed by atoms with Crippen LogP contribution in [0, 0.1) is 19.8 Å². The Labute approximate surface area is 176 Å². The number of aryl methyl sites for hydroxylation is 2. The van der Waals surface area contributed by atoms with E-state index in [4.69, 9.17) is 17.3 Å². The van der Waals surface area contributed by atoms with Crippen molar-refractivity contribution in [3.05, 3.63) is 38.9 Å². The zero-order valence-corrected chi connectivity index (χ0v) is 18.6. The Morgan fingerprint density at radius 1 is 1.29 bits per heavy atom. The van der Waals surface area contributed by atoms with E-state index in [-0.39, 0.29) is 0 Å². The third kappa shape index (κ3) is 4.61. The van der Waals surface area contributed by atoms with E-state index in [2.05, 4.69) is 24.1 Å². The fourth-order valence-corrected chi connectivity index (χ4v) is 5.12. The van der Waals surface area contributed by atoms with Crippen molar-refractivity contribution in [2.24, 2.45) is 11.7 Å². The normalized spacial score (nSPS) is 19.5. The lowest BCUT2D eigenvalue weighted by Gasteiger charge is -2.32. The second-order valence-electron chi connectivity index (χ2n) is 7.91. The van der Waals surface area contributed by atoms with Crippen molar-refractivity contribution < 1.29 is 4.79 Å². The number of carbonyl (C=O) groups excluding carboxylic acids is 1. The van der Waals surface area contributed by atoms with E-state index in [1.165, 1.54) is 4.88 Å². The van der Waals surface area contributed by atoms with Gasteiger partial charge in [0.1, 0.15) is 0 Å². The van der Waals surface area contributed by atoms with Crippen molar-refractivity contribution in [2.45, 2.75) is 45.4 Å². The van der Waals surface area contributed by atoms with Crippen LogP contribution in [0.2, 0.25) is 5.02 Å². The van der Waals surface area contributed by atoms with Crippen LogP contribution in [-0.2, 0) is 0 Å². The maximum absolute atomic E-state index is 11.9. The molecule has 0 unspecified atom stereocenters. The van der Waals surface area contributed by atoms with E-state index in [0.717, 1.165) is 54.3 Å². The average Bonchev–Trinajstić information content (AvgIpc) is 2.97. The molecular formula is C21H29ClN4OS. The Bertz CT molecular complexity index is 837. The topological polar surface area (TPSA) is 71.2 Å². The Morgan fingerprint density at radius 3 is 2.50 bits per heavy atom. The number of thiazole rings is 1. The highest BCUT2D eigenvalue weighted by Crippen LogP contribution is 2.42. The summed E-state index contributed by atoms with van der Waals surface area (Å²) in [5.74, 6) is 0.604. The van der Waals surface area contributed by atoms with Gasteiger partial charge in [0.05, 0.1) is 16.9 Å². The van der Waals surface area contributed by atoms with Gasteiger partial charge in [0.2, 0.25) is 0 Å². The summed E-state index contributed by atoms with van der Waals surface area (Å²) in [4.78, 5) is 19.8. The summed E-state index contributed by atoms with van der Waals surface area (Å²) in [6.07, 6.45) is 4.46. The van der Waals surface area contributed by atoms with Gasteiger partial charge in [-0.1, -0.05) is 11.6 Å². The number of nitrogens with zero attached hydrogens (tertiary/aromatic N) is 2. The molecule has 1 heterocycles. The zero-order valence-electron chi connectivity index (χ0n) is 17.0. The Balaban J connectivity index is 1.68. The third-order valence-corrected chi connectivity index (χ3v) is 6.92. The van der Waals surface area contributed by atoms with E-state index >= 15 is 0 Å². The van der Waals surface area contributed by atoms with Gasteiger partial charge in [-0.3, -0.25) is 4.79 Å². The highest BCUT2D eigenvalue weighted by atomic mass is 35.5. The SMILES string of the molecule is Cc1nc(NCC2CCC(c3cc(Cl)cc(C(N)=O)c3N(C)C)CC2)sc1C. The van der Waals surface area contributed by atoms with Crippen LogP contribution in [0.5, 0.6) is 0 Å². The van der Waals surface area contributed by atoms with Crippen molar-refractivity contribution in [1.29, 1.82) is 0 Å². The van der Waals surface area contributed by atoms with Crippen LogP contribution in [0.1, 0.15) is 58.1 Å². The van der Waals surface area contributed by atoms with Gasteiger partial charge in [0.25, 0.3) is 5.91 Å². The molecule has 1 aliphatic rings. The van der Waals surface area contributed by atoms with Gasteiger partial charge in [-0.2, -0.15) is 0 Å². The third-order valence-electron chi connectivity index (χ3n) is 5.67. The van der Waals surface area contributed by atoms with Crippen molar-refractivity contribution in [3.8, 4) is 0 Å². The molecule has 3 rings (SSSR count). The largest absolute Gasteiger partial charge is 0.377 e. The molecule has 1 amide bonds. The van der Waals surface area contributed by atoms with Gasteiger partial charge in [0, 0.05) is 30.5 Å². The maximum atomic E-state index is 11.9. The van der Waals surface area contributed by atoms with Gasteiger partial charge in [-0.25, -0.2) is 4.98 Å². The Hall–Kier alpha value is -1.79. The first-order valence-corrected chi connectivity index (χ1v) is 10.9. The highest BCUT2D eigenvalue weighted by Gasteiger charge is 2.27. The first-order valence-electron chi connectivity index (χ1n) is 9.74. The monoisotopic (exact) mass is 420 g/mol. The molecule has 0 bridgehead atoms. The molecule has 7 heteroatoms. The summed E-state index contributed by atoms with van der Waals surface area (Å²) in [6.45, 7) is 5.12. The molecule has 1 fully saturated rings. The van der Waals surface area contributed by atoms with Crippen LogP contribution in [0.3, 0.4) is 0 Å². The quantitative estimate of drug-likeness (QED) is 0.692. The highest BCUT2D eigenvalue weighted by molar-refractivity contribution is 7.15. The summed E-state index contributed by atoms with van der Waals surface area (Å²) >= 11 is 8.03. The van der Waals surface area contributed by atoms with Crippen molar-refractivity contribution in [2.75, 3.05) is 30.9 Å². The Morgan fingerprint density at radius 2 is 1.96 bits per heavy atom. The minimum absolute atomic E-state index is 0.398. The van der Waals surface area contributed by atoms with Gasteiger partial charge in [0.15, 0.2) is 5.13 Å². The van der Waals surface area contributed by atoms with E-state index in [0.29, 0.717) is 22.4 Å². The predicted molar refractivity (Wildman–Crippen MR) is 119 cm³/mol. The van der Waals surface area contributed by atoms with Crippen LogP contribution in [0.4, 0.5) is 10.8 Å². The molecule has 5 nitrogen and oxygen atoms in total. The van der Waals surface area contributed by atoms with E-state index in [1.807, 2.05) is 25.1 Å². The van der Waals surface area contributed by atoms with Crippen molar-refractivity contribution in [3.63, 3.8) is 0 Å². The molecule has 1 aromatic carbocycles. The predicted octanol–water partition coefficient (Wildman–Crippen LogP) is 4.96. The van der Waals surface area contributed by atoms with Crippen LogP contribution in [0.25, 0.3) is 0 Å². The van der Waals surface area contributed by atoms with Crippen molar-refractivity contribution in [1.82, 2.24) is 4.98 Å². The Kier molecular flexibility index (Phi) is 6.50. The summed E-state index contributed by atoms with van der Waals surface area (Å²) < 4.78 is 0. The van der Waals surface area contributed by atoms with E-state index in [1.54, 1.807) is 17.4 Å². The van der Waals surface area contributed by atoms with Gasteiger partial charge in [-0.05, 0) is 69.1 Å². The standard InChI is InChI=1S/C21H29ClN4OS/c1-12-13(2)28-21(25-12)24-11-14-5-7-15(8-6-14)17-9-16(22)10-18(20(23)27)19(17)26(3)4/h9-10,14-15H,5-8,11H2,1-4H3,(H2,23,27)(H,24,25). The number of hydrogen-bond acceptors (Lipinski definition) is 5. The molecule has 152 valence electrons. The number of carbonyl (C=O) groups is 1. The second-order valence-corrected chi connectivity index (χ2v) is 9.55. The number of rotatable bonds is 6. The number of halogens is 1. The molecule has 1 aliphatic carbocycles. The summed E-state index contributed by atoms with van der Waals surface area (Å²) in [5.41, 5.74) is 9.28. The maximum Gasteiger partial charge on any atom is 0.250 e. The number of primary amides is 1.